The Balaban J connectivity index is 0.00000338. The summed E-state index contributed by atoms with van der Waals surface area (Å²) in [6.07, 6.45) is -14.2. The highest BCUT2D eigenvalue weighted by molar-refractivity contribution is 5.85. The van der Waals surface area contributed by atoms with E-state index >= 15 is 0 Å². The Hall–Kier alpha value is -1.26. The molecule has 1 saturated heterocycles. The van der Waals surface area contributed by atoms with Crippen LogP contribution >= 0.6 is 12.4 Å². The molecule has 0 bridgehead atoms. The van der Waals surface area contributed by atoms with Gasteiger partial charge in [-0.25, -0.2) is 0 Å². The van der Waals surface area contributed by atoms with E-state index in [-0.39, 0.29) is 18.0 Å². The zero-order chi connectivity index (χ0) is 18.7. The third-order valence-electron chi connectivity index (χ3n) is 3.79. The average molecular weight is 411 g/mol. The van der Waals surface area contributed by atoms with Gasteiger partial charge in [-0.15, -0.1) is 12.4 Å². The van der Waals surface area contributed by atoms with Crippen molar-refractivity contribution in [2.75, 3.05) is 26.2 Å². The van der Waals surface area contributed by atoms with Crippen LogP contribution in [0.5, 0.6) is 5.75 Å². The van der Waals surface area contributed by atoms with Crippen molar-refractivity contribution < 1.29 is 35.5 Å². The molecule has 0 aliphatic carbocycles. The summed E-state index contributed by atoms with van der Waals surface area (Å²) in [6.45, 7) is 1.89. The summed E-state index contributed by atoms with van der Waals surface area (Å²) in [4.78, 5) is 1.65. The lowest BCUT2D eigenvalue weighted by molar-refractivity contribution is -0.253. The van der Waals surface area contributed by atoms with Crippen molar-refractivity contribution in [3.63, 3.8) is 0 Å². The van der Waals surface area contributed by atoms with Gasteiger partial charge in [-0.05, 0) is 17.7 Å². The first-order valence-corrected chi connectivity index (χ1v) is 7.55. The molecule has 3 nitrogen and oxygen atoms in total. The first-order valence-electron chi connectivity index (χ1n) is 7.55. The number of piperazine rings is 1. The van der Waals surface area contributed by atoms with Crippen LogP contribution in [0, 0.1) is 0 Å². The zero-order valence-corrected chi connectivity index (χ0v) is 14.2. The molecule has 26 heavy (non-hydrogen) atoms. The molecule has 1 fully saturated rings. The lowest BCUT2D eigenvalue weighted by Crippen LogP contribution is -2.46. The molecule has 1 aromatic carbocycles. The minimum Gasteiger partial charge on any atom is -0.428 e. The molecule has 0 aromatic heterocycles. The number of nitrogens with zero attached hydrogens (tertiary/aromatic N) is 1. The van der Waals surface area contributed by atoms with Gasteiger partial charge in [0.25, 0.3) is 0 Å². The van der Waals surface area contributed by atoms with Crippen molar-refractivity contribution >= 4 is 12.4 Å². The number of rotatable bonds is 6. The summed E-state index contributed by atoms with van der Waals surface area (Å²) < 4.78 is 92.6. The quantitative estimate of drug-likeness (QED) is 0.710. The lowest BCUT2D eigenvalue weighted by Gasteiger charge is -2.35. The molecular formula is C15H18ClF7N2O. The van der Waals surface area contributed by atoms with Crippen molar-refractivity contribution in [1.82, 2.24) is 10.2 Å². The number of benzene rings is 1. The minimum atomic E-state index is -4.66. The van der Waals surface area contributed by atoms with Gasteiger partial charge in [0, 0.05) is 32.2 Å². The fraction of sp³-hybridized carbons (Fsp3) is 0.600. The molecular weight excluding hydrogens is 393 g/mol. The molecule has 2 rings (SSSR count). The van der Waals surface area contributed by atoms with Gasteiger partial charge < -0.3 is 10.1 Å². The van der Waals surface area contributed by atoms with E-state index in [0.717, 1.165) is 12.1 Å². The molecule has 1 atom stereocenters. The largest absolute Gasteiger partial charge is 0.461 e. The van der Waals surface area contributed by atoms with E-state index in [2.05, 4.69) is 10.1 Å². The van der Waals surface area contributed by atoms with E-state index in [4.69, 9.17) is 0 Å². The number of alkyl halides is 7. The molecule has 150 valence electrons. The van der Waals surface area contributed by atoms with Crippen molar-refractivity contribution in [2.24, 2.45) is 0 Å². The monoisotopic (exact) mass is 410 g/mol. The predicted molar refractivity (Wildman–Crippen MR) is 83.1 cm³/mol. The van der Waals surface area contributed by atoms with Crippen LogP contribution in [0.15, 0.2) is 24.3 Å². The van der Waals surface area contributed by atoms with Crippen LogP contribution in [0.25, 0.3) is 0 Å². The normalized spacial score (nSPS) is 17.7. The number of hydrogen-bond acceptors (Lipinski definition) is 3. The Morgan fingerprint density at radius 1 is 1.00 bits per heavy atom. The van der Waals surface area contributed by atoms with Crippen LogP contribution in [-0.4, -0.2) is 49.8 Å². The first kappa shape index (κ1) is 22.8. The van der Waals surface area contributed by atoms with Crippen molar-refractivity contribution in [1.29, 1.82) is 0 Å². The molecule has 1 N–H and O–H groups in total. The van der Waals surface area contributed by atoms with Crippen molar-refractivity contribution in [3.05, 3.63) is 29.8 Å². The second-order valence-corrected chi connectivity index (χ2v) is 5.65. The Labute approximate surface area is 151 Å². The maximum atomic E-state index is 12.9. The molecule has 0 saturated carbocycles. The van der Waals surface area contributed by atoms with E-state index in [0.29, 0.717) is 26.2 Å². The lowest BCUT2D eigenvalue weighted by atomic mass is 10.0. The predicted octanol–water partition coefficient (Wildman–Crippen LogP) is 4.24. The second-order valence-electron chi connectivity index (χ2n) is 5.65. The fourth-order valence-corrected chi connectivity index (χ4v) is 2.63. The fourth-order valence-electron chi connectivity index (χ4n) is 2.63. The smallest absolute Gasteiger partial charge is 0.428 e. The van der Waals surface area contributed by atoms with E-state index in [1.807, 2.05) is 0 Å². The molecule has 0 amide bonds. The van der Waals surface area contributed by atoms with Gasteiger partial charge >= 0.3 is 18.7 Å². The highest BCUT2D eigenvalue weighted by atomic mass is 35.5. The number of hydrogen-bond donors (Lipinski definition) is 1. The molecule has 1 heterocycles. The van der Waals surface area contributed by atoms with Gasteiger partial charge in [-0.3, -0.25) is 4.90 Å². The van der Waals surface area contributed by atoms with Crippen molar-refractivity contribution in [3.8, 4) is 5.75 Å². The Bertz CT molecular complexity index is 548. The van der Waals surface area contributed by atoms with E-state index in [1.165, 1.54) is 12.1 Å². The zero-order valence-electron chi connectivity index (χ0n) is 13.4. The third kappa shape index (κ3) is 6.48. The topological polar surface area (TPSA) is 24.5 Å². The van der Waals surface area contributed by atoms with Gasteiger partial charge in [-0.2, -0.15) is 30.7 Å². The highest BCUT2D eigenvalue weighted by Crippen LogP contribution is 2.35. The molecule has 0 unspecified atom stereocenters. The van der Waals surface area contributed by atoms with Crippen LogP contribution in [0.2, 0.25) is 0 Å². The number of ether oxygens (including phenoxy) is 1. The first-order chi connectivity index (χ1) is 11.6. The standard InChI is InChI=1S/C15H17F7N2O.ClH/c16-13(17)15(21,22)25-11-3-1-10(2-4-11)12(9-14(18,19)20)24-7-5-23-6-8-24;/h1-4,12-13,23H,5-9H2;1H/t12-;/m1./s1. The van der Waals surface area contributed by atoms with Crippen LogP contribution in [0.4, 0.5) is 30.7 Å². The van der Waals surface area contributed by atoms with Crippen LogP contribution in [0.3, 0.4) is 0 Å². The van der Waals surface area contributed by atoms with Crippen molar-refractivity contribution in [2.45, 2.75) is 31.2 Å². The summed E-state index contributed by atoms with van der Waals surface area (Å²) >= 11 is 0. The maximum absolute atomic E-state index is 12.9. The Kier molecular flexibility index (Phi) is 7.97. The molecule has 11 heteroatoms. The second kappa shape index (κ2) is 9.09. The van der Waals surface area contributed by atoms with Gasteiger partial charge in [0.05, 0.1) is 6.42 Å². The summed E-state index contributed by atoms with van der Waals surface area (Å²) in [5.41, 5.74) is 0.256. The Morgan fingerprint density at radius 3 is 2.00 bits per heavy atom. The maximum Gasteiger partial charge on any atom is 0.461 e. The summed E-state index contributed by atoms with van der Waals surface area (Å²) in [5, 5.41) is 3.03. The summed E-state index contributed by atoms with van der Waals surface area (Å²) in [5.74, 6) is -0.542. The van der Waals surface area contributed by atoms with Gasteiger partial charge in [0.1, 0.15) is 5.75 Å². The van der Waals surface area contributed by atoms with Crippen LogP contribution in [0.1, 0.15) is 18.0 Å². The third-order valence-corrected chi connectivity index (χ3v) is 3.79. The minimum absolute atomic E-state index is 0. The Morgan fingerprint density at radius 2 is 1.54 bits per heavy atom. The van der Waals surface area contributed by atoms with Gasteiger partial charge in [0.2, 0.25) is 0 Å². The average Bonchev–Trinajstić information content (AvgIpc) is 2.53. The summed E-state index contributed by atoms with van der Waals surface area (Å²) in [7, 11) is 0. The molecule has 1 aliphatic heterocycles. The van der Waals surface area contributed by atoms with E-state index in [1.54, 1.807) is 4.90 Å². The SMILES string of the molecule is Cl.FC(F)C(F)(F)Oc1ccc([C@@H](CC(F)(F)F)N2CCNCC2)cc1. The van der Waals surface area contributed by atoms with Gasteiger partial charge in [-0.1, -0.05) is 12.1 Å². The van der Waals surface area contributed by atoms with Gasteiger partial charge in [0.15, 0.2) is 0 Å². The number of nitrogens with one attached hydrogen (secondary N) is 1. The van der Waals surface area contributed by atoms with E-state index < -0.39 is 36.9 Å². The van der Waals surface area contributed by atoms with Crippen LogP contribution in [-0.2, 0) is 0 Å². The summed E-state index contributed by atoms with van der Waals surface area (Å²) in [6, 6.07) is 3.34. The van der Waals surface area contributed by atoms with Crippen LogP contribution < -0.4 is 10.1 Å². The molecule has 1 aliphatic rings. The molecule has 0 radical (unpaired) electrons. The highest BCUT2D eigenvalue weighted by Gasteiger charge is 2.44. The number of halogens is 8. The molecule has 0 spiro atoms. The molecule has 1 aromatic rings. The van der Waals surface area contributed by atoms with E-state index in [9.17, 15) is 30.7 Å².